The molecule has 6 nitrogen and oxygen atoms in total. The van der Waals surface area contributed by atoms with Crippen LogP contribution in [0.5, 0.6) is 5.75 Å². The van der Waals surface area contributed by atoms with Gasteiger partial charge in [0.2, 0.25) is 0 Å². The van der Waals surface area contributed by atoms with Crippen molar-refractivity contribution in [3.63, 3.8) is 0 Å². The molecule has 0 aromatic carbocycles. The summed E-state index contributed by atoms with van der Waals surface area (Å²) in [5.41, 5.74) is 4.68. The van der Waals surface area contributed by atoms with E-state index in [9.17, 15) is 0 Å². The van der Waals surface area contributed by atoms with E-state index in [1.54, 1.807) is 24.9 Å². The maximum Gasteiger partial charge on any atom is 0.138 e. The molecule has 0 fully saturated rings. The number of hydrogen-bond acceptors (Lipinski definition) is 5. The predicted octanol–water partition coefficient (Wildman–Crippen LogP) is 1.15. The van der Waals surface area contributed by atoms with Gasteiger partial charge in [-0.3, -0.25) is 10.8 Å². The molecular weight excluding hydrogens is 242 g/mol. The summed E-state index contributed by atoms with van der Waals surface area (Å²) in [6, 6.07) is 1.76. The van der Waals surface area contributed by atoms with Gasteiger partial charge in [-0.25, -0.2) is 10.4 Å². The molecule has 1 unspecified atom stereocenters. The third-order valence-corrected chi connectivity index (χ3v) is 2.76. The number of ether oxygens (including phenoxy) is 1. The quantitative estimate of drug-likeness (QED) is 0.623. The maximum absolute atomic E-state index is 5.66. The van der Waals surface area contributed by atoms with E-state index in [1.165, 1.54) is 0 Å². The average Bonchev–Trinajstić information content (AvgIpc) is 2.77. The number of hydrazine groups is 1. The molecule has 19 heavy (non-hydrogen) atoms. The number of imidazole rings is 1. The van der Waals surface area contributed by atoms with Crippen LogP contribution in [0.25, 0.3) is 0 Å². The summed E-state index contributed by atoms with van der Waals surface area (Å²) in [5.74, 6) is 6.39. The van der Waals surface area contributed by atoms with Crippen molar-refractivity contribution in [3.05, 3.63) is 42.2 Å². The Morgan fingerprint density at radius 2 is 2.05 bits per heavy atom. The highest BCUT2D eigenvalue weighted by molar-refractivity contribution is 5.31. The number of rotatable bonds is 5. The van der Waals surface area contributed by atoms with Crippen molar-refractivity contribution in [1.82, 2.24) is 20.0 Å². The lowest BCUT2D eigenvalue weighted by molar-refractivity contribution is 0.241. The van der Waals surface area contributed by atoms with Crippen LogP contribution in [0.1, 0.15) is 31.1 Å². The second kappa shape index (κ2) is 5.81. The van der Waals surface area contributed by atoms with Gasteiger partial charge in [0.05, 0.1) is 36.6 Å². The SMILES string of the molecule is CC(C)Oc1cncc(C(NN)c2cncn2C)c1. The van der Waals surface area contributed by atoms with E-state index in [0.29, 0.717) is 0 Å². The lowest BCUT2D eigenvalue weighted by Gasteiger charge is -2.18. The Morgan fingerprint density at radius 3 is 2.63 bits per heavy atom. The molecule has 0 aliphatic heterocycles. The van der Waals surface area contributed by atoms with Crippen LogP contribution in [0, 0.1) is 0 Å². The number of hydrogen-bond donors (Lipinski definition) is 2. The van der Waals surface area contributed by atoms with E-state index in [4.69, 9.17) is 10.6 Å². The van der Waals surface area contributed by atoms with Gasteiger partial charge in [-0.15, -0.1) is 0 Å². The van der Waals surface area contributed by atoms with Gasteiger partial charge in [0.25, 0.3) is 0 Å². The topological polar surface area (TPSA) is 78.0 Å². The van der Waals surface area contributed by atoms with Gasteiger partial charge in [-0.1, -0.05) is 0 Å². The average molecular weight is 261 g/mol. The first-order valence-electron chi connectivity index (χ1n) is 6.15. The molecule has 3 N–H and O–H groups in total. The monoisotopic (exact) mass is 261 g/mol. The van der Waals surface area contributed by atoms with E-state index in [0.717, 1.165) is 17.0 Å². The molecule has 2 aromatic rings. The summed E-state index contributed by atoms with van der Waals surface area (Å²) < 4.78 is 7.56. The first-order chi connectivity index (χ1) is 9.11. The third-order valence-electron chi connectivity index (χ3n) is 2.76. The number of nitrogens with one attached hydrogen (secondary N) is 1. The van der Waals surface area contributed by atoms with Crippen LogP contribution in [0.3, 0.4) is 0 Å². The minimum atomic E-state index is -0.171. The highest BCUT2D eigenvalue weighted by Crippen LogP contribution is 2.23. The van der Waals surface area contributed by atoms with Crippen molar-refractivity contribution in [2.45, 2.75) is 26.0 Å². The molecule has 0 amide bonds. The number of nitrogens with zero attached hydrogens (tertiary/aromatic N) is 3. The first kappa shape index (κ1) is 13.5. The summed E-state index contributed by atoms with van der Waals surface area (Å²) in [5, 5.41) is 0. The van der Waals surface area contributed by atoms with E-state index in [2.05, 4.69) is 15.4 Å². The van der Waals surface area contributed by atoms with E-state index in [1.807, 2.05) is 31.5 Å². The number of pyridine rings is 1. The van der Waals surface area contributed by atoms with Crippen LogP contribution < -0.4 is 16.0 Å². The Morgan fingerprint density at radius 1 is 1.26 bits per heavy atom. The van der Waals surface area contributed by atoms with Crippen LogP contribution in [-0.2, 0) is 7.05 Å². The van der Waals surface area contributed by atoms with E-state index in [-0.39, 0.29) is 12.1 Å². The molecule has 102 valence electrons. The molecule has 6 heteroatoms. The highest BCUT2D eigenvalue weighted by Gasteiger charge is 2.16. The fourth-order valence-corrected chi connectivity index (χ4v) is 1.93. The zero-order valence-electron chi connectivity index (χ0n) is 11.4. The van der Waals surface area contributed by atoms with Crippen LogP contribution >= 0.6 is 0 Å². The Hall–Kier alpha value is -1.92. The van der Waals surface area contributed by atoms with E-state index >= 15 is 0 Å². The number of aromatic nitrogens is 3. The molecule has 2 aromatic heterocycles. The first-order valence-corrected chi connectivity index (χ1v) is 6.15. The zero-order valence-corrected chi connectivity index (χ0v) is 11.4. The number of aryl methyl sites for hydroxylation is 1. The maximum atomic E-state index is 5.66. The summed E-state index contributed by atoms with van der Waals surface area (Å²) in [6.45, 7) is 3.96. The Balaban J connectivity index is 2.31. The molecule has 0 saturated heterocycles. The van der Waals surface area contributed by atoms with Gasteiger partial charge in [0.1, 0.15) is 5.75 Å². The van der Waals surface area contributed by atoms with Gasteiger partial charge >= 0.3 is 0 Å². The highest BCUT2D eigenvalue weighted by atomic mass is 16.5. The van der Waals surface area contributed by atoms with Gasteiger partial charge in [-0.2, -0.15) is 0 Å². The molecule has 0 aliphatic carbocycles. The van der Waals surface area contributed by atoms with Crippen molar-refractivity contribution in [2.75, 3.05) is 0 Å². The van der Waals surface area contributed by atoms with Crippen LogP contribution in [-0.4, -0.2) is 20.6 Å². The van der Waals surface area contributed by atoms with Gasteiger partial charge < -0.3 is 9.30 Å². The standard InChI is InChI=1S/C13H19N5O/c1-9(2)19-11-4-10(5-15-6-11)13(17-14)12-7-16-8-18(12)3/h4-9,13,17H,14H2,1-3H3. The van der Waals surface area contributed by atoms with Gasteiger partial charge in [0.15, 0.2) is 0 Å². The largest absolute Gasteiger partial charge is 0.489 e. The van der Waals surface area contributed by atoms with Crippen molar-refractivity contribution in [2.24, 2.45) is 12.9 Å². The molecule has 2 heterocycles. The molecule has 0 bridgehead atoms. The lowest BCUT2D eigenvalue weighted by Crippen LogP contribution is -2.30. The summed E-state index contributed by atoms with van der Waals surface area (Å²) in [6.07, 6.45) is 7.09. The minimum absolute atomic E-state index is 0.109. The van der Waals surface area contributed by atoms with Crippen LogP contribution in [0.2, 0.25) is 0 Å². The molecule has 2 rings (SSSR count). The zero-order chi connectivity index (χ0) is 13.8. The second-order valence-corrected chi connectivity index (χ2v) is 4.65. The molecule has 0 radical (unpaired) electrons. The van der Waals surface area contributed by atoms with Gasteiger partial charge in [-0.05, 0) is 25.5 Å². The summed E-state index contributed by atoms with van der Waals surface area (Å²) in [4.78, 5) is 8.30. The third kappa shape index (κ3) is 3.10. The fraction of sp³-hybridized carbons (Fsp3) is 0.385. The summed E-state index contributed by atoms with van der Waals surface area (Å²) in [7, 11) is 1.93. The smallest absolute Gasteiger partial charge is 0.138 e. The van der Waals surface area contributed by atoms with Crippen LogP contribution in [0.4, 0.5) is 0 Å². The van der Waals surface area contributed by atoms with Crippen molar-refractivity contribution >= 4 is 0 Å². The van der Waals surface area contributed by atoms with Crippen molar-refractivity contribution in [1.29, 1.82) is 0 Å². The number of nitrogens with two attached hydrogens (primary N) is 1. The predicted molar refractivity (Wildman–Crippen MR) is 72.4 cm³/mol. The van der Waals surface area contributed by atoms with E-state index < -0.39 is 0 Å². The summed E-state index contributed by atoms with van der Waals surface area (Å²) >= 11 is 0. The normalized spacial score (nSPS) is 12.7. The molecule has 0 spiro atoms. The minimum Gasteiger partial charge on any atom is -0.489 e. The molecule has 0 saturated carbocycles. The molecule has 1 atom stereocenters. The van der Waals surface area contributed by atoms with Crippen molar-refractivity contribution in [3.8, 4) is 5.75 Å². The molecular formula is C13H19N5O. The molecule has 0 aliphatic rings. The fourth-order valence-electron chi connectivity index (χ4n) is 1.93. The van der Waals surface area contributed by atoms with Crippen LogP contribution in [0.15, 0.2) is 31.0 Å². The van der Waals surface area contributed by atoms with Crippen molar-refractivity contribution < 1.29 is 4.74 Å². The van der Waals surface area contributed by atoms with Gasteiger partial charge in [0, 0.05) is 13.2 Å². The Labute approximate surface area is 112 Å². The Bertz CT molecular complexity index is 537. The lowest BCUT2D eigenvalue weighted by atomic mass is 10.1. The second-order valence-electron chi connectivity index (χ2n) is 4.65. The Kier molecular flexibility index (Phi) is 4.13.